The highest BCUT2D eigenvalue weighted by atomic mass is 127. The molecule has 3 N–H and O–H groups in total. The smallest absolute Gasteiger partial charge is 0.234 e. The maximum Gasteiger partial charge on any atom is 0.234 e. The van der Waals surface area contributed by atoms with E-state index in [0.717, 1.165) is 19.8 Å². The van der Waals surface area contributed by atoms with Gasteiger partial charge in [0.25, 0.3) is 0 Å². The van der Waals surface area contributed by atoms with Gasteiger partial charge in [0.15, 0.2) is 0 Å². The molecule has 0 spiro atoms. The molecule has 19 heavy (non-hydrogen) atoms. The second-order valence-corrected chi connectivity index (χ2v) is 6.21. The van der Waals surface area contributed by atoms with Gasteiger partial charge < -0.3 is 11.1 Å². The first-order valence-corrected chi connectivity index (χ1v) is 7.74. The van der Waals surface area contributed by atoms with Crippen molar-refractivity contribution in [2.45, 2.75) is 4.90 Å². The van der Waals surface area contributed by atoms with E-state index >= 15 is 0 Å². The Morgan fingerprint density at radius 1 is 1.11 bits per heavy atom. The first-order valence-electron chi connectivity index (χ1n) is 5.67. The molecule has 0 atom stereocenters. The maximum atomic E-state index is 11.8. The third kappa shape index (κ3) is 4.76. The highest BCUT2D eigenvalue weighted by Crippen LogP contribution is 2.19. The molecule has 0 heterocycles. The van der Waals surface area contributed by atoms with Crippen LogP contribution in [0.4, 0.5) is 11.4 Å². The van der Waals surface area contributed by atoms with E-state index in [-0.39, 0.29) is 5.91 Å². The van der Waals surface area contributed by atoms with E-state index in [9.17, 15) is 4.79 Å². The average molecular weight is 384 g/mol. The molecule has 0 saturated carbocycles. The van der Waals surface area contributed by atoms with Crippen LogP contribution in [0.3, 0.4) is 0 Å². The van der Waals surface area contributed by atoms with Crippen molar-refractivity contribution in [2.24, 2.45) is 0 Å². The Balaban J connectivity index is 1.84. The molecule has 98 valence electrons. The predicted octanol–water partition coefficient (Wildman–Crippen LogP) is 3.60. The summed E-state index contributed by atoms with van der Waals surface area (Å²) in [6.07, 6.45) is 0. The van der Waals surface area contributed by atoms with E-state index in [4.69, 9.17) is 5.73 Å². The second-order valence-electron chi connectivity index (χ2n) is 3.91. The van der Waals surface area contributed by atoms with Gasteiger partial charge in [-0.15, -0.1) is 11.8 Å². The standard InChI is InChI=1S/C14H13IN2OS/c15-10-1-5-12(6-2-10)17-14(18)9-19-13-7-3-11(16)4-8-13/h1-8H,9,16H2,(H,17,18). The van der Waals surface area contributed by atoms with Crippen LogP contribution in [0.25, 0.3) is 0 Å². The van der Waals surface area contributed by atoms with Gasteiger partial charge in [0.2, 0.25) is 5.91 Å². The SMILES string of the molecule is Nc1ccc(SCC(=O)Nc2ccc(I)cc2)cc1. The van der Waals surface area contributed by atoms with Crippen molar-refractivity contribution in [2.75, 3.05) is 16.8 Å². The van der Waals surface area contributed by atoms with E-state index in [1.165, 1.54) is 11.8 Å². The molecular weight excluding hydrogens is 371 g/mol. The lowest BCUT2D eigenvalue weighted by atomic mass is 10.3. The lowest BCUT2D eigenvalue weighted by Gasteiger charge is -2.05. The maximum absolute atomic E-state index is 11.8. The fourth-order valence-electron chi connectivity index (χ4n) is 1.44. The number of rotatable bonds is 4. The number of anilines is 2. The van der Waals surface area contributed by atoms with Crippen molar-refractivity contribution in [3.8, 4) is 0 Å². The van der Waals surface area contributed by atoms with Gasteiger partial charge in [0.05, 0.1) is 5.75 Å². The van der Waals surface area contributed by atoms with Crippen LogP contribution in [0.15, 0.2) is 53.4 Å². The van der Waals surface area contributed by atoms with Crippen LogP contribution < -0.4 is 11.1 Å². The van der Waals surface area contributed by atoms with Gasteiger partial charge in [0, 0.05) is 19.8 Å². The summed E-state index contributed by atoms with van der Waals surface area (Å²) in [6.45, 7) is 0. The number of nitrogens with two attached hydrogens (primary N) is 1. The zero-order valence-corrected chi connectivity index (χ0v) is 13.1. The summed E-state index contributed by atoms with van der Waals surface area (Å²) in [5.41, 5.74) is 7.16. The fraction of sp³-hybridized carbons (Fsp3) is 0.0714. The Morgan fingerprint density at radius 2 is 1.74 bits per heavy atom. The van der Waals surface area contributed by atoms with Gasteiger partial charge in [-0.2, -0.15) is 0 Å². The Hall–Kier alpha value is -1.21. The average Bonchev–Trinajstić information content (AvgIpc) is 2.41. The molecule has 0 radical (unpaired) electrons. The number of benzene rings is 2. The monoisotopic (exact) mass is 384 g/mol. The first kappa shape index (κ1) is 14.2. The summed E-state index contributed by atoms with van der Waals surface area (Å²) in [5, 5.41) is 2.86. The van der Waals surface area contributed by atoms with Gasteiger partial charge in [-0.25, -0.2) is 0 Å². The molecule has 3 nitrogen and oxygen atoms in total. The Kier molecular flexibility index (Phi) is 5.09. The van der Waals surface area contributed by atoms with E-state index in [1.807, 2.05) is 48.5 Å². The Morgan fingerprint density at radius 3 is 2.37 bits per heavy atom. The molecule has 2 aromatic carbocycles. The van der Waals surface area contributed by atoms with Crippen LogP contribution in [-0.4, -0.2) is 11.7 Å². The van der Waals surface area contributed by atoms with E-state index in [0.29, 0.717) is 5.75 Å². The third-order valence-electron chi connectivity index (χ3n) is 2.38. The molecule has 0 bridgehead atoms. The van der Waals surface area contributed by atoms with Crippen molar-refractivity contribution >= 4 is 51.6 Å². The minimum atomic E-state index is -0.0111. The topological polar surface area (TPSA) is 55.1 Å². The molecule has 0 aliphatic heterocycles. The molecular formula is C14H13IN2OS. The predicted molar refractivity (Wildman–Crippen MR) is 89.4 cm³/mol. The van der Waals surface area contributed by atoms with Crippen LogP contribution in [0.2, 0.25) is 0 Å². The zero-order valence-electron chi connectivity index (χ0n) is 10.1. The van der Waals surface area contributed by atoms with Gasteiger partial charge in [-0.3, -0.25) is 4.79 Å². The van der Waals surface area contributed by atoms with Crippen molar-refractivity contribution in [3.63, 3.8) is 0 Å². The first-order chi connectivity index (χ1) is 9.13. The van der Waals surface area contributed by atoms with Crippen LogP contribution in [0.1, 0.15) is 0 Å². The number of amides is 1. The lowest BCUT2D eigenvalue weighted by molar-refractivity contribution is -0.113. The fourth-order valence-corrected chi connectivity index (χ4v) is 2.50. The van der Waals surface area contributed by atoms with Gasteiger partial charge in [-0.05, 0) is 71.1 Å². The van der Waals surface area contributed by atoms with E-state index in [1.54, 1.807) is 0 Å². The number of nitrogen functional groups attached to an aromatic ring is 1. The number of carbonyl (C=O) groups is 1. The quantitative estimate of drug-likeness (QED) is 0.481. The van der Waals surface area contributed by atoms with Crippen molar-refractivity contribution < 1.29 is 4.79 Å². The second kappa shape index (κ2) is 6.81. The molecule has 0 aliphatic rings. The zero-order chi connectivity index (χ0) is 13.7. The van der Waals surface area contributed by atoms with Crippen LogP contribution in [0, 0.1) is 3.57 Å². The van der Waals surface area contributed by atoms with Gasteiger partial charge in [0.1, 0.15) is 0 Å². The molecule has 0 unspecified atom stereocenters. The normalized spacial score (nSPS) is 10.2. The molecule has 0 aromatic heterocycles. The van der Waals surface area contributed by atoms with Crippen LogP contribution in [0.5, 0.6) is 0 Å². The number of nitrogens with one attached hydrogen (secondary N) is 1. The molecule has 0 aliphatic carbocycles. The number of thioether (sulfide) groups is 1. The third-order valence-corrected chi connectivity index (χ3v) is 4.11. The van der Waals surface area contributed by atoms with Gasteiger partial charge in [-0.1, -0.05) is 0 Å². The van der Waals surface area contributed by atoms with E-state index < -0.39 is 0 Å². The number of carbonyl (C=O) groups excluding carboxylic acids is 1. The Labute approximate surface area is 130 Å². The summed E-state index contributed by atoms with van der Waals surface area (Å²) >= 11 is 3.72. The molecule has 1 amide bonds. The van der Waals surface area contributed by atoms with Crippen LogP contribution >= 0.6 is 34.4 Å². The minimum Gasteiger partial charge on any atom is -0.399 e. The number of hydrogen-bond donors (Lipinski definition) is 2. The molecule has 2 aromatic rings. The van der Waals surface area contributed by atoms with Crippen LogP contribution in [-0.2, 0) is 4.79 Å². The summed E-state index contributed by atoms with van der Waals surface area (Å²) in [6, 6.07) is 15.2. The highest BCUT2D eigenvalue weighted by molar-refractivity contribution is 14.1. The number of hydrogen-bond acceptors (Lipinski definition) is 3. The van der Waals surface area contributed by atoms with Crippen molar-refractivity contribution in [1.29, 1.82) is 0 Å². The van der Waals surface area contributed by atoms with E-state index in [2.05, 4.69) is 27.9 Å². The summed E-state index contributed by atoms with van der Waals surface area (Å²) in [4.78, 5) is 12.8. The van der Waals surface area contributed by atoms with Crippen molar-refractivity contribution in [3.05, 3.63) is 52.1 Å². The lowest BCUT2D eigenvalue weighted by Crippen LogP contribution is -2.13. The molecule has 2 rings (SSSR count). The largest absolute Gasteiger partial charge is 0.399 e. The summed E-state index contributed by atoms with van der Waals surface area (Å²) in [5.74, 6) is 0.374. The summed E-state index contributed by atoms with van der Waals surface area (Å²) in [7, 11) is 0. The number of halogens is 1. The minimum absolute atomic E-state index is 0.0111. The summed E-state index contributed by atoms with van der Waals surface area (Å²) < 4.78 is 1.15. The molecule has 0 saturated heterocycles. The highest BCUT2D eigenvalue weighted by Gasteiger charge is 2.03. The van der Waals surface area contributed by atoms with Crippen molar-refractivity contribution in [1.82, 2.24) is 0 Å². The van der Waals surface area contributed by atoms with Gasteiger partial charge >= 0.3 is 0 Å². The molecule has 5 heteroatoms. The Bertz CT molecular complexity index is 555. The molecule has 0 fully saturated rings.